The van der Waals surface area contributed by atoms with Crippen molar-refractivity contribution < 1.29 is 13.2 Å². The van der Waals surface area contributed by atoms with Crippen molar-refractivity contribution in [1.29, 1.82) is 0 Å². The van der Waals surface area contributed by atoms with Gasteiger partial charge in [-0.3, -0.25) is 0 Å². The van der Waals surface area contributed by atoms with Crippen LogP contribution in [0, 0.1) is 0 Å². The van der Waals surface area contributed by atoms with Gasteiger partial charge in [0, 0.05) is 12.6 Å². The zero-order valence-corrected chi connectivity index (χ0v) is 10.4. The lowest BCUT2D eigenvalue weighted by Gasteiger charge is -2.12. The molecule has 0 atom stereocenters. The van der Waals surface area contributed by atoms with E-state index in [9.17, 15) is 13.2 Å². The third-order valence-corrected chi connectivity index (χ3v) is 3.14. The summed E-state index contributed by atoms with van der Waals surface area (Å²) in [5, 5.41) is 0. The summed E-state index contributed by atoms with van der Waals surface area (Å²) in [4.78, 5) is 3.98. The topological polar surface area (TPSA) is 17.8 Å². The standard InChI is InChI=1S/C11H8BrF3N2/c1-17-9(12)6-16-10(17)7-4-2-3-5-8(7)11(13,14)15/h2-6H,1H3. The average Bonchev–Trinajstić information content (AvgIpc) is 2.59. The SMILES string of the molecule is Cn1c(Br)cnc1-c1ccccc1C(F)(F)F. The van der Waals surface area contributed by atoms with Gasteiger partial charge in [-0.05, 0) is 22.0 Å². The van der Waals surface area contributed by atoms with Crippen LogP contribution in [0.5, 0.6) is 0 Å². The van der Waals surface area contributed by atoms with Crippen LogP contribution in [-0.2, 0) is 13.2 Å². The number of aromatic nitrogens is 2. The van der Waals surface area contributed by atoms with E-state index in [-0.39, 0.29) is 11.4 Å². The van der Waals surface area contributed by atoms with E-state index in [1.54, 1.807) is 17.7 Å². The molecule has 1 aromatic carbocycles. The van der Waals surface area contributed by atoms with Crippen molar-refractivity contribution in [3.05, 3.63) is 40.6 Å². The zero-order chi connectivity index (χ0) is 12.6. The fraction of sp³-hybridized carbons (Fsp3) is 0.182. The van der Waals surface area contributed by atoms with Crippen molar-refractivity contribution in [2.24, 2.45) is 7.05 Å². The molecule has 0 aliphatic heterocycles. The van der Waals surface area contributed by atoms with E-state index in [0.29, 0.717) is 4.60 Å². The highest BCUT2D eigenvalue weighted by atomic mass is 79.9. The Morgan fingerprint density at radius 2 is 1.88 bits per heavy atom. The van der Waals surface area contributed by atoms with Crippen LogP contribution in [0.1, 0.15) is 5.56 Å². The number of rotatable bonds is 1. The Bertz CT molecular complexity index is 546. The number of nitrogens with zero attached hydrogens (tertiary/aromatic N) is 2. The molecule has 0 saturated heterocycles. The first-order valence-electron chi connectivity index (χ1n) is 4.75. The van der Waals surface area contributed by atoms with Gasteiger partial charge in [0.25, 0.3) is 0 Å². The Kier molecular flexibility index (Phi) is 2.99. The first kappa shape index (κ1) is 12.2. The lowest BCUT2D eigenvalue weighted by molar-refractivity contribution is -0.137. The normalized spacial score (nSPS) is 11.8. The molecule has 0 unspecified atom stereocenters. The molecular formula is C11H8BrF3N2. The summed E-state index contributed by atoms with van der Waals surface area (Å²) < 4.78 is 40.7. The second kappa shape index (κ2) is 4.18. The Labute approximate surface area is 104 Å². The highest BCUT2D eigenvalue weighted by Gasteiger charge is 2.34. The second-order valence-corrected chi connectivity index (χ2v) is 4.32. The fourth-order valence-corrected chi connectivity index (χ4v) is 1.83. The van der Waals surface area contributed by atoms with Crippen LogP contribution in [0.2, 0.25) is 0 Å². The lowest BCUT2D eigenvalue weighted by atomic mass is 10.1. The van der Waals surface area contributed by atoms with Gasteiger partial charge < -0.3 is 4.57 Å². The molecule has 0 radical (unpaired) electrons. The summed E-state index contributed by atoms with van der Waals surface area (Å²) >= 11 is 3.21. The predicted molar refractivity (Wildman–Crippen MR) is 61.3 cm³/mol. The van der Waals surface area contributed by atoms with Gasteiger partial charge in [0.2, 0.25) is 0 Å². The Morgan fingerprint density at radius 3 is 2.41 bits per heavy atom. The molecule has 0 aliphatic carbocycles. The minimum absolute atomic E-state index is 0.0770. The molecule has 1 heterocycles. The van der Waals surface area contributed by atoms with Crippen molar-refractivity contribution >= 4 is 15.9 Å². The summed E-state index contributed by atoms with van der Waals surface area (Å²) in [7, 11) is 1.65. The maximum absolute atomic E-state index is 12.8. The maximum Gasteiger partial charge on any atom is 0.417 e. The van der Waals surface area contributed by atoms with Crippen LogP contribution < -0.4 is 0 Å². The molecule has 0 bridgehead atoms. The van der Waals surface area contributed by atoms with E-state index in [0.717, 1.165) is 6.07 Å². The smallest absolute Gasteiger partial charge is 0.322 e. The van der Waals surface area contributed by atoms with Gasteiger partial charge in [-0.15, -0.1) is 0 Å². The first-order valence-corrected chi connectivity index (χ1v) is 5.54. The van der Waals surface area contributed by atoms with Gasteiger partial charge in [0.1, 0.15) is 10.4 Å². The predicted octanol–water partition coefficient (Wildman–Crippen LogP) is 3.87. The van der Waals surface area contributed by atoms with Crippen LogP contribution in [0.4, 0.5) is 13.2 Å². The van der Waals surface area contributed by atoms with Crippen LogP contribution in [-0.4, -0.2) is 9.55 Å². The molecule has 90 valence electrons. The van der Waals surface area contributed by atoms with Crippen molar-refractivity contribution in [3.8, 4) is 11.4 Å². The van der Waals surface area contributed by atoms with Gasteiger partial charge in [-0.2, -0.15) is 13.2 Å². The Hall–Kier alpha value is -1.30. The largest absolute Gasteiger partial charge is 0.417 e. The summed E-state index contributed by atoms with van der Waals surface area (Å²) in [5.41, 5.74) is -0.602. The summed E-state index contributed by atoms with van der Waals surface area (Å²) in [6, 6.07) is 5.40. The molecule has 2 aromatic rings. The van der Waals surface area contributed by atoms with Gasteiger partial charge in [0.05, 0.1) is 11.8 Å². The summed E-state index contributed by atoms with van der Waals surface area (Å²) in [6.07, 6.45) is -2.91. The molecular weight excluding hydrogens is 297 g/mol. The van der Waals surface area contributed by atoms with E-state index in [1.807, 2.05) is 0 Å². The van der Waals surface area contributed by atoms with Gasteiger partial charge >= 0.3 is 6.18 Å². The number of hydrogen-bond acceptors (Lipinski definition) is 1. The number of benzene rings is 1. The van der Waals surface area contributed by atoms with Crippen molar-refractivity contribution in [2.75, 3.05) is 0 Å². The monoisotopic (exact) mass is 304 g/mol. The van der Waals surface area contributed by atoms with E-state index < -0.39 is 11.7 Å². The van der Waals surface area contributed by atoms with Crippen molar-refractivity contribution in [2.45, 2.75) is 6.18 Å². The highest BCUT2D eigenvalue weighted by molar-refractivity contribution is 9.10. The molecule has 0 N–H and O–H groups in total. The number of imidazole rings is 1. The summed E-state index contributed by atoms with van der Waals surface area (Å²) in [5.74, 6) is 0.282. The van der Waals surface area contributed by atoms with E-state index in [4.69, 9.17) is 0 Å². The van der Waals surface area contributed by atoms with E-state index in [2.05, 4.69) is 20.9 Å². The molecule has 2 rings (SSSR count). The van der Waals surface area contributed by atoms with Crippen LogP contribution in [0.3, 0.4) is 0 Å². The van der Waals surface area contributed by atoms with Crippen LogP contribution in [0.15, 0.2) is 35.1 Å². The summed E-state index contributed by atoms with van der Waals surface area (Å²) in [6.45, 7) is 0. The van der Waals surface area contributed by atoms with Gasteiger partial charge in [-0.25, -0.2) is 4.98 Å². The molecule has 0 saturated carbocycles. The van der Waals surface area contributed by atoms with Gasteiger partial charge in [0.15, 0.2) is 0 Å². The third kappa shape index (κ3) is 2.22. The Balaban J connectivity index is 2.64. The zero-order valence-electron chi connectivity index (χ0n) is 8.79. The Morgan fingerprint density at radius 1 is 1.24 bits per heavy atom. The van der Waals surface area contributed by atoms with Crippen LogP contribution >= 0.6 is 15.9 Å². The van der Waals surface area contributed by atoms with Crippen molar-refractivity contribution in [3.63, 3.8) is 0 Å². The minimum Gasteiger partial charge on any atom is -0.322 e. The first-order chi connectivity index (χ1) is 7.91. The van der Waals surface area contributed by atoms with E-state index >= 15 is 0 Å². The molecule has 0 fully saturated rings. The van der Waals surface area contributed by atoms with Crippen molar-refractivity contribution in [1.82, 2.24) is 9.55 Å². The third-order valence-electron chi connectivity index (χ3n) is 2.40. The number of alkyl halides is 3. The molecule has 1 aromatic heterocycles. The average molecular weight is 305 g/mol. The molecule has 6 heteroatoms. The molecule has 2 nitrogen and oxygen atoms in total. The quantitative estimate of drug-likeness (QED) is 0.782. The lowest BCUT2D eigenvalue weighted by Crippen LogP contribution is -2.08. The molecule has 0 amide bonds. The van der Waals surface area contributed by atoms with Crippen LogP contribution in [0.25, 0.3) is 11.4 Å². The molecule has 0 aliphatic rings. The van der Waals surface area contributed by atoms with Gasteiger partial charge in [-0.1, -0.05) is 18.2 Å². The minimum atomic E-state index is -4.38. The fourth-order valence-electron chi connectivity index (χ4n) is 1.56. The van der Waals surface area contributed by atoms with E-state index in [1.165, 1.54) is 18.3 Å². The highest BCUT2D eigenvalue weighted by Crippen LogP contribution is 2.36. The molecule has 17 heavy (non-hydrogen) atoms. The number of halogens is 4. The number of hydrogen-bond donors (Lipinski definition) is 0. The second-order valence-electron chi connectivity index (χ2n) is 3.51. The molecule has 0 spiro atoms. The maximum atomic E-state index is 12.8.